The Kier molecular flexibility index (Phi) is 4.20. The standard InChI is InChI=1S/C18H16BrNO/c19-15-6-8-16(9-7-15)20-17-10-14(11-18(21)12-17)13-4-2-1-3-5-13/h1-9,12,14,20H,10-11H2. The molecule has 1 aliphatic rings. The van der Waals surface area contributed by atoms with Gasteiger partial charge in [0.15, 0.2) is 5.78 Å². The summed E-state index contributed by atoms with van der Waals surface area (Å²) in [5, 5.41) is 3.36. The Hall–Kier alpha value is -1.87. The minimum absolute atomic E-state index is 0.190. The van der Waals surface area contributed by atoms with Gasteiger partial charge in [-0.1, -0.05) is 46.3 Å². The summed E-state index contributed by atoms with van der Waals surface area (Å²) in [4.78, 5) is 12.0. The van der Waals surface area contributed by atoms with Gasteiger partial charge in [-0.3, -0.25) is 4.79 Å². The molecule has 0 aromatic heterocycles. The predicted octanol–water partition coefficient (Wildman–Crippen LogP) is 4.89. The molecule has 0 bridgehead atoms. The molecule has 0 spiro atoms. The molecule has 0 fully saturated rings. The van der Waals surface area contributed by atoms with Crippen LogP contribution in [0.15, 0.2) is 70.8 Å². The highest BCUT2D eigenvalue weighted by Crippen LogP contribution is 2.31. The maximum Gasteiger partial charge on any atom is 0.158 e. The SMILES string of the molecule is O=C1C=C(Nc2ccc(Br)cc2)CC(c2ccccc2)C1. The van der Waals surface area contributed by atoms with Gasteiger partial charge in [-0.15, -0.1) is 0 Å². The lowest BCUT2D eigenvalue weighted by atomic mass is 9.85. The van der Waals surface area contributed by atoms with Gasteiger partial charge in [0.1, 0.15) is 0 Å². The van der Waals surface area contributed by atoms with E-state index in [-0.39, 0.29) is 11.7 Å². The minimum atomic E-state index is 0.190. The van der Waals surface area contributed by atoms with Crippen molar-refractivity contribution in [1.82, 2.24) is 0 Å². The average molecular weight is 342 g/mol. The average Bonchev–Trinajstić information content (AvgIpc) is 2.50. The fraction of sp³-hybridized carbons (Fsp3) is 0.167. The van der Waals surface area contributed by atoms with E-state index < -0.39 is 0 Å². The van der Waals surface area contributed by atoms with Crippen LogP contribution in [0.1, 0.15) is 24.3 Å². The van der Waals surface area contributed by atoms with Crippen molar-refractivity contribution in [3.05, 3.63) is 76.4 Å². The molecule has 0 radical (unpaired) electrons. The van der Waals surface area contributed by atoms with Crippen molar-refractivity contribution in [3.63, 3.8) is 0 Å². The second-order valence-corrected chi connectivity index (χ2v) is 6.20. The summed E-state index contributed by atoms with van der Waals surface area (Å²) in [6.07, 6.45) is 3.20. The number of allylic oxidation sites excluding steroid dienone is 2. The van der Waals surface area contributed by atoms with E-state index in [4.69, 9.17) is 0 Å². The van der Waals surface area contributed by atoms with Gasteiger partial charge in [0.25, 0.3) is 0 Å². The van der Waals surface area contributed by atoms with Crippen molar-refractivity contribution in [1.29, 1.82) is 0 Å². The van der Waals surface area contributed by atoms with Crippen LogP contribution in [-0.4, -0.2) is 5.78 Å². The van der Waals surface area contributed by atoms with E-state index in [1.165, 1.54) is 5.56 Å². The molecule has 1 aliphatic carbocycles. The zero-order valence-electron chi connectivity index (χ0n) is 11.6. The molecule has 1 atom stereocenters. The number of anilines is 1. The molecule has 0 saturated heterocycles. The molecule has 0 heterocycles. The highest BCUT2D eigenvalue weighted by molar-refractivity contribution is 9.10. The summed E-state index contributed by atoms with van der Waals surface area (Å²) in [5.41, 5.74) is 3.22. The lowest BCUT2D eigenvalue weighted by molar-refractivity contribution is -0.115. The first kappa shape index (κ1) is 14.1. The number of nitrogens with one attached hydrogen (secondary N) is 1. The first-order valence-corrected chi connectivity index (χ1v) is 7.81. The smallest absolute Gasteiger partial charge is 0.158 e. The zero-order valence-corrected chi connectivity index (χ0v) is 13.1. The molecule has 21 heavy (non-hydrogen) atoms. The Morgan fingerprint density at radius 1 is 0.952 bits per heavy atom. The van der Waals surface area contributed by atoms with Gasteiger partial charge in [0, 0.05) is 28.4 Å². The van der Waals surface area contributed by atoms with Crippen LogP contribution in [0.5, 0.6) is 0 Å². The lowest BCUT2D eigenvalue weighted by Crippen LogP contribution is -2.16. The maximum absolute atomic E-state index is 12.0. The van der Waals surface area contributed by atoms with Gasteiger partial charge in [-0.25, -0.2) is 0 Å². The summed E-state index contributed by atoms with van der Waals surface area (Å²) in [7, 11) is 0. The Morgan fingerprint density at radius 2 is 1.67 bits per heavy atom. The lowest BCUT2D eigenvalue weighted by Gasteiger charge is -2.23. The summed E-state index contributed by atoms with van der Waals surface area (Å²) in [6, 6.07) is 18.2. The van der Waals surface area contributed by atoms with E-state index in [0.29, 0.717) is 6.42 Å². The quantitative estimate of drug-likeness (QED) is 0.860. The number of ketones is 1. The molecule has 0 amide bonds. The van der Waals surface area contributed by atoms with E-state index in [0.717, 1.165) is 22.3 Å². The number of hydrogen-bond donors (Lipinski definition) is 1. The first-order valence-electron chi connectivity index (χ1n) is 7.01. The monoisotopic (exact) mass is 341 g/mol. The fourth-order valence-corrected chi connectivity index (χ4v) is 2.92. The third kappa shape index (κ3) is 3.61. The van der Waals surface area contributed by atoms with Gasteiger partial charge < -0.3 is 5.32 Å². The van der Waals surface area contributed by atoms with Crippen molar-refractivity contribution in [3.8, 4) is 0 Å². The van der Waals surface area contributed by atoms with E-state index in [2.05, 4.69) is 33.4 Å². The van der Waals surface area contributed by atoms with Crippen LogP contribution in [0, 0.1) is 0 Å². The van der Waals surface area contributed by atoms with Crippen LogP contribution in [0.2, 0.25) is 0 Å². The van der Waals surface area contributed by atoms with E-state index in [9.17, 15) is 4.79 Å². The van der Waals surface area contributed by atoms with E-state index in [1.54, 1.807) is 6.08 Å². The maximum atomic E-state index is 12.0. The van der Waals surface area contributed by atoms with Gasteiger partial charge in [-0.05, 0) is 42.2 Å². The molecular weight excluding hydrogens is 326 g/mol. The van der Waals surface area contributed by atoms with Crippen molar-refractivity contribution in [2.45, 2.75) is 18.8 Å². The van der Waals surface area contributed by atoms with Gasteiger partial charge in [0.2, 0.25) is 0 Å². The van der Waals surface area contributed by atoms with Gasteiger partial charge in [0.05, 0.1) is 0 Å². The predicted molar refractivity (Wildman–Crippen MR) is 89.3 cm³/mol. The molecule has 2 aromatic carbocycles. The fourth-order valence-electron chi connectivity index (χ4n) is 2.66. The Morgan fingerprint density at radius 3 is 2.38 bits per heavy atom. The Bertz CT molecular complexity index is 661. The molecule has 1 unspecified atom stereocenters. The van der Waals surface area contributed by atoms with Crippen LogP contribution in [0.25, 0.3) is 0 Å². The number of hydrogen-bond acceptors (Lipinski definition) is 2. The van der Waals surface area contributed by atoms with Crippen molar-refractivity contribution >= 4 is 27.4 Å². The molecule has 0 aliphatic heterocycles. The highest BCUT2D eigenvalue weighted by Gasteiger charge is 2.22. The molecule has 2 nitrogen and oxygen atoms in total. The molecule has 3 heteroatoms. The summed E-state index contributed by atoms with van der Waals surface area (Å²) >= 11 is 3.42. The number of rotatable bonds is 3. The van der Waals surface area contributed by atoms with E-state index >= 15 is 0 Å². The van der Waals surface area contributed by atoms with Crippen LogP contribution in [-0.2, 0) is 4.79 Å². The molecule has 106 valence electrons. The van der Waals surface area contributed by atoms with Gasteiger partial charge >= 0.3 is 0 Å². The third-order valence-corrected chi connectivity index (χ3v) is 4.20. The number of halogens is 1. The van der Waals surface area contributed by atoms with Crippen molar-refractivity contribution < 1.29 is 4.79 Å². The topological polar surface area (TPSA) is 29.1 Å². The molecule has 2 aromatic rings. The molecular formula is C18H16BrNO. The first-order chi connectivity index (χ1) is 10.2. The number of carbonyl (C=O) groups excluding carboxylic acids is 1. The number of benzene rings is 2. The van der Waals surface area contributed by atoms with E-state index in [1.807, 2.05) is 42.5 Å². The summed E-state index contributed by atoms with van der Waals surface area (Å²) in [5.74, 6) is 0.455. The second kappa shape index (κ2) is 6.27. The molecule has 0 saturated carbocycles. The summed E-state index contributed by atoms with van der Waals surface area (Å²) < 4.78 is 1.05. The number of carbonyl (C=O) groups is 1. The normalized spacial score (nSPS) is 18.2. The molecule has 1 N–H and O–H groups in total. The zero-order chi connectivity index (χ0) is 14.7. The van der Waals surface area contributed by atoms with Gasteiger partial charge in [-0.2, -0.15) is 0 Å². The van der Waals surface area contributed by atoms with Crippen LogP contribution < -0.4 is 5.32 Å². The van der Waals surface area contributed by atoms with Crippen molar-refractivity contribution in [2.24, 2.45) is 0 Å². The van der Waals surface area contributed by atoms with Crippen LogP contribution >= 0.6 is 15.9 Å². The second-order valence-electron chi connectivity index (χ2n) is 5.28. The third-order valence-electron chi connectivity index (χ3n) is 3.67. The highest BCUT2D eigenvalue weighted by atomic mass is 79.9. The molecule has 3 rings (SSSR count). The minimum Gasteiger partial charge on any atom is -0.359 e. The Labute approximate surface area is 133 Å². The van der Waals surface area contributed by atoms with Crippen LogP contribution in [0.4, 0.5) is 5.69 Å². The largest absolute Gasteiger partial charge is 0.359 e. The Balaban J connectivity index is 1.76. The van der Waals surface area contributed by atoms with Crippen molar-refractivity contribution in [2.75, 3.05) is 5.32 Å². The summed E-state index contributed by atoms with van der Waals surface area (Å²) in [6.45, 7) is 0. The van der Waals surface area contributed by atoms with Crippen LogP contribution in [0.3, 0.4) is 0 Å².